The lowest BCUT2D eigenvalue weighted by Crippen LogP contribution is -2.31. The van der Waals surface area contributed by atoms with Crippen LogP contribution in [-0.2, 0) is 11.0 Å². The van der Waals surface area contributed by atoms with Gasteiger partial charge in [-0.2, -0.15) is 26.9 Å². The van der Waals surface area contributed by atoms with Gasteiger partial charge < -0.3 is 15.4 Å². The first-order chi connectivity index (χ1) is 15.6. The highest BCUT2D eigenvalue weighted by Crippen LogP contribution is 2.38. The van der Waals surface area contributed by atoms with Crippen LogP contribution in [0.15, 0.2) is 65.9 Å². The zero-order valence-electron chi connectivity index (χ0n) is 16.9. The summed E-state index contributed by atoms with van der Waals surface area (Å²) in [6.45, 7) is -1.52. The summed E-state index contributed by atoms with van der Waals surface area (Å²) in [6, 6.07) is 12.6. The Labute approximate surface area is 183 Å². The maximum absolute atomic E-state index is 13.3. The number of anilines is 2. The molecule has 0 spiro atoms. The first kappa shape index (κ1) is 22.2. The number of hydrogen-bond acceptors (Lipinski definition) is 5. The molecule has 0 saturated heterocycles. The molecule has 0 fully saturated rings. The molecule has 2 heterocycles. The summed E-state index contributed by atoms with van der Waals surface area (Å²) in [5.41, 5.74) is 1.13. The third-order valence-corrected chi connectivity index (χ3v) is 4.80. The molecule has 12 heteroatoms. The summed E-state index contributed by atoms with van der Waals surface area (Å²) in [7, 11) is 0. The molecule has 2 aromatic carbocycles. The first-order valence-corrected chi connectivity index (χ1v) is 9.56. The van der Waals surface area contributed by atoms with Crippen LogP contribution in [0.4, 0.5) is 33.6 Å². The van der Waals surface area contributed by atoms with Crippen molar-refractivity contribution in [1.29, 1.82) is 0 Å². The Hall–Kier alpha value is -3.96. The third-order valence-electron chi connectivity index (χ3n) is 4.80. The summed E-state index contributed by atoms with van der Waals surface area (Å²) in [6.07, 6.45) is -4.81. The average Bonchev–Trinajstić information content (AvgIpc) is 3.18. The van der Waals surface area contributed by atoms with E-state index in [1.165, 1.54) is 31.2 Å². The minimum Gasteiger partial charge on any atom is -0.435 e. The van der Waals surface area contributed by atoms with Crippen LogP contribution >= 0.6 is 0 Å². The monoisotopic (exact) mass is 465 g/mol. The maximum Gasteiger partial charge on any atom is 0.453 e. The normalized spacial score (nSPS) is 15.8. The number of aromatic nitrogens is 3. The van der Waals surface area contributed by atoms with Crippen LogP contribution < -0.4 is 15.4 Å². The lowest BCUT2D eigenvalue weighted by molar-refractivity contribution is -0.145. The largest absolute Gasteiger partial charge is 0.453 e. The molecule has 1 aliphatic heterocycles. The van der Waals surface area contributed by atoms with Crippen molar-refractivity contribution in [2.45, 2.75) is 25.8 Å². The number of nitrogens with zero attached hydrogens (tertiary/aromatic N) is 3. The lowest BCUT2D eigenvalue weighted by Gasteiger charge is -2.28. The molecule has 7 nitrogen and oxygen atoms in total. The Balaban J connectivity index is 1.78. The number of carbonyl (C=O) groups is 1. The quantitative estimate of drug-likeness (QED) is 0.528. The summed E-state index contributed by atoms with van der Waals surface area (Å²) in [4.78, 5) is 16.7. The van der Waals surface area contributed by atoms with E-state index >= 15 is 0 Å². The van der Waals surface area contributed by atoms with Gasteiger partial charge in [0.25, 0.3) is 11.7 Å². The van der Waals surface area contributed by atoms with Crippen LogP contribution in [0, 0.1) is 0 Å². The van der Waals surface area contributed by atoms with E-state index in [0.717, 1.165) is 4.68 Å². The topological polar surface area (TPSA) is 81.1 Å². The molecule has 2 N–H and O–H groups in total. The molecule has 0 aliphatic carbocycles. The molecular weight excluding hydrogens is 449 g/mol. The fourth-order valence-corrected chi connectivity index (χ4v) is 3.42. The molecule has 1 amide bonds. The van der Waals surface area contributed by atoms with Crippen molar-refractivity contribution >= 4 is 17.5 Å². The van der Waals surface area contributed by atoms with Gasteiger partial charge in [-0.05, 0) is 36.8 Å². The van der Waals surface area contributed by atoms with Crippen LogP contribution in [0.1, 0.15) is 24.4 Å². The number of fused-ring (bicyclic) bond motifs is 1. The van der Waals surface area contributed by atoms with Crippen molar-refractivity contribution in [1.82, 2.24) is 14.8 Å². The highest BCUT2D eigenvalue weighted by Gasteiger charge is 2.41. The van der Waals surface area contributed by atoms with Crippen molar-refractivity contribution in [2.24, 2.45) is 0 Å². The fraction of sp³-hybridized carbons (Fsp3) is 0.190. The second-order valence-electron chi connectivity index (χ2n) is 7.04. The zero-order chi connectivity index (χ0) is 23.8. The number of allylic oxidation sites excluding steroid dienone is 1. The van der Waals surface area contributed by atoms with E-state index < -0.39 is 30.6 Å². The summed E-state index contributed by atoms with van der Waals surface area (Å²) < 4.78 is 70.1. The number of carbonyl (C=O) groups excluding carboxylic acids is 1. The smallest absolute Gasteiger partial charge is 0.435 e. The van der Waals surface area contributed by atoms with Crippen molar-refractivity contribution in [3.63, 3.8) is 0 Å². The number of alkyl halides is 5. The van der Waals surface area contributed by atoms with Gasteiger partial charge in [0, 0.05) is 11.4 Å². The Morgan fingerprint density at radius 3 is 2.39 bits per heavy atom. The van der Waals surface area contributed by atoms with Crippen LogP contribution in [0.2, 0.25) is 0 Å². The van der Waals surface area contributed by atoms with Crippen molar-refractivity contribution in [3.8, 4) is 5.75 Å². The molecule has 0 unspecified atom stereocenters. The number of benzene rings is 2. The number of para-hydroxylation sites is 1. The lowest BCUT2D eigenvalue weighted by atomic mass is 9.95. The standard InChI is InChI=1S/C21H16F5N5O2/c1-11-15(17(32)28-13-5-3-2-4-6-13)16(12-7-9-14(10-8-12)33-19(22)23)31-20(27-11)29-18(30-31)21(24,25)26/h2-10,16,19H,1H3,(H,28,32)(H,27,29,30)/t16-/m1/s1. The predicted molar refractivity (Wildman–Crippen MR) is 108 cm³/mol. The van der Waals surface area contributed by atoms with Crippen LogP contribution in [-0.4, -0.2) is 27.3 Å². The molecule has 4 rings (SSSR count). The highest BCUT2D eigenvalue weighted by molar-refractivity contribution is 6.06. The van der Waals surface area contributed by atoms with Gasteiger partial charge in [0.15, 0.2) is 0 Å². The van der Waals surface area contributed by atoms with E-state index in [9.17, 15) is 26.7 Å². The van der Waals surface area contributed by atoms with Gasteiger partial charge in [0.2, 0.25) is 5.95 Å². The second kappa shape index (κ2) is 8.52. The van der Waals surface area contributed by atoms with Gasteiger partial charge in [-0.1, -0.05) is 30.3 Å². The Kier molecular flexibility index (Phi) is 5.75. The van der Waals surface area contributed by atoms with Crippen LogP contribution in [0.3, 0.4) is 0 Å². The number of hydrogen-bond donors (Lipinski definition) is 2. The van der Waals surface area contributed by atoms with Crippen LogP contribution in [0.5, 0.6) is 5.75 Å². The number of amides is 1. The molecule has 1 atom stereocenters. The highest BCUT2D eigenvalue weighted by atomic mass is 19.4. The minimum atomic E-state index is -4.81. The number of rotatable bonds is 5. The Morgan fingerprint density at radius 1 is 1.12 bits per heavy atom. The van der Waals surface area contributed by atoms with Gasteiger partial charge in [-0.15, -0.1) is 5.10 Å². The molecule has 3 aromatic rings. The molecular formula is C21H16F5N5O2. The van der Waals surface area contributed by atoms with E-state index in [4.69, 9.17) is 0 Å². The van der Waals surface area contributed by atoms with Gasteiger partial charge in [-0.25, -0.2) is 4.68 Å². The molecule has 0 bridgehead atoms. The molecule has 172 valence electrons. The maximum atomic E-state index is 13.3. The first-order valence-electron chi connectivity index (χ1n) is 9.56. The molecule has 0 saturated carbocycles. The summed E-state index contributed by atoms with van der Waals surface area (Å²) in [5.74, 6) is -2.33. The van der Waals surface area contributed by atoms with Crippen LogP contribution in [0.25, 0.3) is 0 Å². The van der Waals surface area contributed by atoms with Gasteiger partial charge in [0.1, 0.15) is 11.8 Å². The van der Waals surface area contributed by atoms with E-state index in [1.807, 2.05) is 0 Å². The minimum absolute atomic E-state index is 0.0764. The number of nitrogens with one attached hydrogen (secondary N) is 2. The second-order valence-corrected chi connectivity index (χ2v) is 7.04. The third kappa shape index (κ3) is 4.64. The zero-order valence-corrected chi connectivity index (χ0v) is 16.9. The Bertz CT molecular complexity index is 1190. The Morgan fingerprint density at radius 2 is 1.79 bits per heavy atom. The molecule has 0 radical (unpaired) electrons. The molecule has 1 aromatic heterocycles. The van der Waals surface area contributed by atoms with Gasteiger partial charge in [0.05, 0.1) is 5.57 Å². The van der Waals surface area contributed by atoms with E-state index in [2.05, 4.69) is 25.5 Å². The fourth-order valence-electron chi connectivity index (χ4n) is 3.42. The summed E-state index contributed by atoms with van der Waals surface area (Å²) >= 11 is 0. The predicted octanol–water partition coefficient (Wildman–Crippen LogP) is 4.83. The molecule has 1 aliphatic rings. The number of halogens is 5. The number of ether oxygens (including phenoxy) is 1. The van der Waals surface area contributed by atoms with Crippen molar-refractivity contribution in [2.75, 3.05) is 10.6 Å². The average molecular weight is 465 g/mol. The van der Waals surface area contributed by atoms with Crippen molar-refractivity contribution < 1.29 is 31.5 Å². The summed E-state index contributed by atoms with van der Waals surface area (Å²) in [5, 5.41) is 8.97. The molecule has 33 heavy (non-hydrogen) atoms. The van der Waals surface area contributed by atoms with E-state index in [0.29, 0.717) is 11.3 Å². The van der Waals surface area contributed by atoms with Gasteiger partial charge >= 0.3 is 12.8 Å². The SMILES string of the molecule is CC1=C(C(=O)Nc2ccccc2)[C@@H](c2ccc(OC(F)F)cc2)n2nc(C(F)(F)F)nc2N1. The van der Waals surface area contributed by atoms with Gasteiger partial charge in [-0.3, -0.25) is 4.79 Å². The van der Waals surface area contributed by atoms with E-state index in [-0.39, 0.29) is 23.0 Å². The van der Waals surface area contributed by atoms with Crippen molar-refractivity contribution in [3.05, 3.63) is 77.3 Å². The van der Waals surface area contributed by atoms with E-state index in [1.54, 1.807) is 30.3 Å².